The Morgan fingerprint density at radius 2 is 1.70 bits per heavy atom. The average molecular weight is 401 g/mol. The largest absolute Gasteiger partial charge is 0.497 e. The van der Waals surface area contributed by atoms with E-state index in [2.05, 4.69) is 0 Å². The molecule has 1 N–H and O–H groups in total. The zero-order valence-corrected chi connectivity index (χ0v) is 18.8. The lowest BCUT2D eigenvalue weighted by Gasteiger charge is -2.29. The van der Waals surface area contributed by atoms with Crippen molar-refractivity contribution in [3.05, 3.63) is 29.8 Å². The van der Waals surface area contributed by atoms with Gasteiger partial charge in [-0.15, -0.1) is 0 Å². The van der Waals surface area contributed by atoms with Crippen LogP contribution in [-0.2, 0) is 20.3 Å². The highest BCUT2D eigenvalue weighted by atomic mass is 32.2. The molecule has 1 aromatic rings. The van der Waals surface area contributed by atoms with Crippen LogP contribution in [0.2, 0.25) is 0 Å². The summed E-state index contributed by atoms with van der Waals surface area (Å²) in [5.41, 5.74) is 1.04. The SMILES string of the molecule is CC.COc1ccc(COC[C@H](C)C(OSC(C)(C)C)C(C)C(=O)O)cc1. The zero-order valence-electron chi connectivity index (χ0n) is 17.9. The van der Waals surface area contributed by atoms with Crippen LogP contribution in [0.4, 0.5) is 0 Å². The quantitative estimate of drug-likeness (QED) is 0.529. The van der Waals surface area contributed by atoms with Gasteiger partial charge in [0.25, 0.3) is 0 Å². The summed E-state index contributed by atoms with van der Waals surface area (Å²) in [5.74, 6) is -0.699. The van der Waals surface area contributed by atoms with E-state index < -0.39 is 18.0 Å². The van der Waals surface area contributed by atoms with Gasteiger partial charge < -0.3 is 18.8 Å². The second-order valence-corrected chi connectivity index (χ2v) is 8.81. The molecule has 0 aliphatic carbocycles. The molecule has 2 unspecified atom stereocenters. The molecule has 0 aromatic heterocycles. The maximum Gasteiger partial charge on any atom is 0.308 e. The molecule has 0 bridgehead atoms. The van der Waals surface area contributed by atoms with E-state index in [0.29, 0.717) is 13.2 Å². The zero-order chi connectivity index (χ0) is 21.0. The number of hydrogen-bond donors (Lipinski definition) is 1. The summed E-state index contributed by atoms with van der Waals surface area (Å²) in [6.45, 7) is 14.6. The molecular formula is C21H36O5S. The Morgan fingerprint density at radius 3 is 2.15 bits per heavy atom. The Kier molecular flexibility index (Phi) is 12.4. The number of aliphatic carboxylic acids is 1. The Labute approximate surface area is 169 Å². The van der Waals surface area contributed by atoms with Gasteiger partial charge in [-0.2, -0.15) is 0 Å². The third kappa shape index (κ3) is 10.6. The van der Waals surface area contributed by atoms with Crippen LogP contribution in [0.3, 0.4) is 0 Å². The second-order valence-electron chi connectivity index (χ2n) is 7.22. The van der Waals surface area contributed by atoms with E-state index in [-0.39, 0.29) is 10.7 Å². The molecule has 0 radical (unpaired) electrons. The fourth-order valence-electron chi connectivity index (χ4n) is 2.19. The highest BCUT2D eigenvalue weighted by molar-refractivity contribution is 7.96. The molecule has 5 nitrogen and oxygen atoms in total. The van der Waals surface area contributed by atoms with Crippen molar-refractivity contribution in [2.75, 3.05) is 13.7 Å². The van der Waals surface area contributed by atoms with Gasteiger partial charge in [0.15, 0.2) is 0 Å². The summed E-state index contributed by atoms with van der Waals surface area (Å²) in [6, 6.07) is 7.68. The van der Waals surface area contributed by atoms with Gasteiger partial charge in [0.05, 0.1) is 32.3 Å². The second kappa shape index (κ2) is 13.0. The Morgan fingerprint density at radius 1 is 1.15 bits per heavy atom. The molecule has 0 aliphatic heterocycles. The van der Waals surface area contributed by atoms with Gasteiger partial charge in [-0.1, -0.05) is 32.9 Å². The third-order valence-corrected chi connectivity index (χ3v) is 4.48. The molecule has 0 fully saturated rings. The Hall–Kier alpha value is -1.24. The predicted octanol–water partition coefficient (Wildman–Crippen LogP) is 5.43. The van der Waals surface area contributed by atoms with Gasteiger partial charge in [-0.3, -0.25) is 4.79 Å². The number of carboxylic acid groups (broad SMARTS) is 1. The minimum absolute atomic E-state index is 0.0424. The smallest absolute Gasteiger partial charge is 0.308 e. The Bertz CT molecular complexity index is 524. The highest BCUT2D eigenvalue weighted by Crippen LogP contribution is 2.31. The van der Waals surface area contributed by atoms with Crippen molar-refractivity contribution in [2.24, 2.45) is 11.8 Å². The molecule has 0 aliphatic rings. The maximum absolute atomic E-state index is 11.4. The fourth-order valence-corrected chi connectivity index (χ4v) is 2.95. The first-order valence-electron chi connectivity index (χ1n) is 9.42. The molecule has 0 amide bonds. The van der Waals surface area contributed by atoms with Gasteiger partial charge >= 0.3 is 5.97 Å². The number of hydrogen-bond acceptors (Lipinski definition) is 5. The molecule has 0 spiro atoms. The monoisotopic (exact) mass is 400 g/mol. The molecular weight excluding hydrogens is 364 g/mol. The normalized spacial score (nSPS) is 14.5. The summed E-state index contributed by atoms with van der Waals surface area (Å²) in [7, 11) is 1.63. The molecule has 1 aromatic carbocycles. The molecule has 27 heavy (non-hydrogen) atoms. The van der Waals surface area contributed by atoms with E-state index >= 15 is 0 Å². The van der Waals surface area contributed by atoms with Crippen LogP contribution in [0, 0.1) is 11.8 Å². The predicted molar refractivity (Wildman–Crippen MR) is 112 cm³/mol. The summed E-state index contributed by atoms with van der Waals surface area (Å²) in [6.07, 6.45) is -0.419. The van der Waals surface area contributed by atoms with Crippen LogP contribution in [-0.4, -0.2) is 35.6 Å². The van der Waals surface area contributed by atoms with Crippen LogP contribution in [0.15, 0.2) is 24.3 Å². The standard InChI is InChI=1S/C19H30O5S.C2H6/c1-13(11-23-12-15-7-9-16(22-6)10-8-15)17(14(2)18(20)21)24-25-19(3,4)5;1-2/h7-10,13-14,17H,11-12H2,1-6H3,(H,20,21);1-2H3/t13-,14?,17?;/m0./s1. The van der Waals surface area contributed by atoms with E-state index in [1.807, 2.05) is 65.8 Å². The van der Waals surface area contributed by atoms with Gasteiger partial charge in [0, 0.05) is 10.7 Å². The molecule has 156 valence electrons. The van der Waals surface area contributed by atoms with E-state index in [9.17, 15) is 9.90 Å². The Balaban J connectivity index is 0.00000326. The number of benzene rings is 1. The molecule has 6 heteroatoms. The van der Waals surface area contributed by atoms with Crippen molar-refractivity contribution in [1.29, 1.82) is 0 Å². The molecule has 0 heterocycles. The van der Waals surface area contributed by atoms with E-state index in [0.717, 1.165) is 11.3 Å². The number of ether oxygens (including phenoxy) is 2. The van der Waals surface area contributed by atoms with Crippen molar-refractivity contribution in [2.45, 2.75) is 65.9 Å². The summed E-state index contributed by atoms with van der Waals surface area (Å²) in [4.78, 5) is 11.4. The minimum atomic E-state index is -0.860. The maximum atomic E-state index is 11.4. The lowest BCUT2D eigenvalue weighted by atomic mass is 9.94. The topological polar surface area (TPSA) is 65.0 Å². The first-order chi connectivity index (χ1) is 12.6. The summed E-state index contributed by atoms with van der Waals surface area (Å²) in [5, 5.41) is 9.34. The minimum Gasteiger partial charge on any atom is -0.497 e. The van der Waals surface area contributed by atoms with Crippen LogP contribution in [0.5, 0.6) is 5.75 Å². The van der Waals surface area contributed by atoms with Crippen molar-refractivity contribution in [3.63, 3.8) is 0 Å². The van der Waals surface area contributed by atoms with Crippen LogP contribution in [0.1, 0.15) is 54.0 Å². The van der Waals surface area contributed by atoms with Gasteiger partial charge in [-0.25, -0.2) is 0 Å². The van der Waals surface area contributed by atoms with E-state index in [4.69, 9.17) is 13.7 Å². The summed E-state index contributed by atoms with van der Waals surface area (Å²) >= 11 is 1.32. The van der Waals surface area contributed by atoms with Crippen molar-refractivity contribution in [1.82, 2.24) is 0 Å². The summed E-state index contributed by atoms with van der Waals surface area (Å²) < 4.78 is 16.7. The van der Waals surface area contributed by atoms with E-state index in [1.54, 1.807) is 14.0 Å². The van der Waals surface area contributed by atoms with Crippen molar-refractivity contribution < 1.29 is 23.6 Å². The molecule has 1 rings (SSSR count). The van der Waals surface area contributed by atoms with E-state index in [1.165, 1.54) is 12.0 Å². The number of carbonyl (C=O) groups is 1. The third-order valence-electron chi connectivity index (χ3n) is 3.66. The number of methoxy groups -OCH3 is 1. The lowest BCUT2D eigenvalue weighted by molar-refractivity contribution is -0.145. The fraction of sp³-hybridized carbons (Fsp3) is 0.667. The first kappa shape index (κ1) is 25.8. The first-order valence-corrected chi connectivity index (χ1v) is 10.2. The van der Waals surface area contributed by atoms with Crippen LogP contribution in [0.25, 0.3) is 0 Å². The van der Waals surface area contributed by atoms with Gasteiger partial charge in [0.2, 0.25) is 0 Å². The van der Waals surface area contributed by atoms with Gasteiger partial charge in [-0.05, 0) is 57.4 Å². The highest BCUT2D eigenvalue weighted by Gasteiger charge is 2.31. The van der Waals surface area contributed by atoms with Crippen LogP contribution >= 0.6 is 12.0 Å². The lowest BCUT2D eigenvalue weighted by Crippen LogP contribution is -2.35. The average Bonchev–Trinajstić information content (AvgIpc) is 2.63. The van der Waals surface area contributed by atoms with Crippen molar-refractivity contribution >= 4 is 18.0 Å². The molecule has 0 saturated carbocycles. The van der Waals surface area contributed by atoms with Crippen LogP contribution < -0.4 is 4.74 Å². The molecule has 3 atom stereocenters. The number of rotatable bonds is 10. The van der Waals surface area contributed by atoms with Gasteiger partial charge in [0.1, 0.15) is 5.75 Å². The number of carboxylic acids is 1. The molecule has 0 saturated heterocycles. The van der Waals surface area contributed by atoms with Crippen molar-refractivity contribution in [3.8, 4) is 5.75 Å².